The third-order valence-corrected chi connectivity index (χ3v) is 6.53. The van der Waals surface area contributed by atoms with Gasteiger partial charge in [0.25, 0.3) is 0 Å². The quantitative estimate of drug-likeness (QED) is 0.409. The molecule has 1 aliphatic heterocycles. The van der Waals surface area contributed by atoms with Crippen LogP contribution in [0.25, 0.3) is 28.0 Å². The molecular weight excluding hydrogens is 440 g/mol. The van der Waals surface area contributed by atoms with Crippen molar-refractivity contribution in [3.8, 4) is 28.1 Å². The van der Waals surface area contributed by atoms with E-state index in [-0.39, 0.29) is 12.5 Å². The molecule has 1 aliphatic rings. The van der Waals surface area contributed by atoms with Gasteiger partial charge in [-0.05, 0) is 35.4 Å². The highest BCUT2D eigenvalue weighted by atomic mass is 16.5. The summed E-state index contributed by atoms with van der Waals surface area (Å²) in [5.74, 6) is 0.854. The summed E-state index contributed by atoms with van der Waals surface area (Å²) in [6.07, 6.45) is 2.18. The first kappa shape index (κ1) is 23.1. The Morgan fingerprint density at radius 1 is 0.886 bits per heavy atom. The maximum atomic E-state index is 12.2. The van der Waals surface area contributed by atoms with E-state index in [1.54, 1.807) is 14.2 Å². The fourth-order valence-corrected chi connectivity index (χ4v) is 4.63. The van der Waals surface area contributed by atoms with Gasteiger partial charge < -0.3 is 18.8 Å². The molecule has 0 saturated carbocycles. The molecule has 1 saturated heterocycles. The van der Waals surface area contributed by atoms with E-state index in [0.29, 0.717) is 13.1 Å². The van der Waals surface area contributed by atoms with Crippen LogP contribution in [0.3, 0.4) is 0 Å². The summed E-state index contributed by atoms with van der Waals surface area (Å²) >= 11 is 0. The zero-order chi connectivity index (χ0) is 24.2. The molecule has 0 unspecified atom stereocenters. The van der Waals surface area contributed by atoms with Crippen LogP contribution in [0.2, 0.25) is 0 Å². The minimum Gasteiger partial charge on any atom is -0.497 e. The Kier molecular flexibility index (Phi) is 6.79. The number of carbonyl (C=O) groups is 1. The SMILES string of the molecule is COCC(=O)N1CCN(Cc2c(-c3cccc(OC)c3)nc3ccc(-c4ccccc4)cn23)CC1. The number of ether oxygens (including phenoxy) is 2. The third-order valence-electron chi connectivity index (χ3n) is 6.53. The highest BCUT2D eigenvalue weighted by molar-refractivity contribution is 5.77. The van der Waals surface area contributed by atoms with Crippen molar-refractivity contribution in [2.24, 2.45) is 0 Å². The number of rotatable bonds is 7. The van der Waals surface area contributed by atoms with Crippen LogP contribution >= 0.6 is 0 Å². The van der Waals surface area contributed by atoms with Crippen LogP contribution in [0, 0.1) is 0 Å². The van der Waals surface area contributed by atoms with Crippen LogP contribution in [-0.2, 0) is 16.1 Å². The maximum Gasteiger partial charge on any atom is 0.248 e. The Bertz CT molecular complexity index is 1310. The predicted molar refractivity (Wildman–Crippen MR) is 136 cm³/mol. The smallest absolute Gasteiger partial charge is 0.248 e. The van der Waals surface area contributed by atoms with E-state index in [0.717, 1.165) is 53.5 Å². The second kappa shape index (κ2) is 10.3. The monoisotopic (exact) mass is 470 g/mol. The number of amides is 1. The van der Waals surface area contributed by atoms with Crippen molar-refractivity contribution in [2.45, 2.75) is 6.54 Å². The minimum atomic E-state index is 0.0477. The number of imidazole rings is 1. The van der Waals surface area contributed by atoms with E-state index >= 15 is 0 Å². The first-order valence-corrected chi connectivity index (χ1v) is 11.9. The Hall–Kier alpha value is -3.68. The molecule has 180 valence electrons. The second-order valence-corrected chi connectivity index (χ2v) is 8.74. The lowest BCUT2D eigenvalue weighted by atomic mass is 10.1. The fraction of sp³-hybridized carbons (Fsp3) is 0.286. The molecular formula is C28H30N4O3. The van der Waals surface area contributed by atoms with Gasteiger partial charge in [0.1, 0.15) is 18.0 Å². The molecule has 5 rings (SSSR count). The van der Waals surface area contributed by atoms with Crippen molar-refractivity contribution in [3.05, 3.63) is 78.6 Å². The van der Waals surface area contributed by atoms with Crippen molar-refractivity contribution >= 4 is 11.6 Å². The number of hydrogen-bond donors (Lipinski definition) is 0. The number of pyridine rings is 1. The molecule has 0 N–H and O–H groups in total. The van der Waals surface area contributed by atoms with Gasteiger partial charge in [-0.25, -0.2) is 4.98 Å². The number of benzene rings is 2. The fourth-order valence-electron chi connectivity index (χ4n) is 4.63. The van der Waals surface area contributed by atoms with Gasteiger partial charge >= 0.3 is 0 Å². The largest absolute Gasteiger partial charge is 0.497 e. The van der Waals surface area contributed by atoms with E-state index in [1.807, 2.05) is 29.2 Å². The topological polar surface area (TPSA) is 59.3 Å². The number of fused-ring (bicyclic) bond motifs is 1. The Labute approximate surface area is 205 Å². The van der Waals surface area contributed by atoms with Crippen molar-refractivity contribution in [1.29, 1.82) is 0 Å². The second-order valence-electron chi connectivity index (χ2n) is 8.74. The molecule has 3 heterocycles. The van der Waals surface area contributed by atoms with Gasteiger partial charge in [-0.15, -0.1) is 0 Å². The molecule has 7 nitrogen and oxygen atoms in total. The van der Waals surface area contributed by atoms with E-state index in [9.17, 15) is 4.79 Å². The lowest BCUT2D eigenvalue weighted by Crippen LogP contribution is -2.49. The van der Waals surface area contributed by atoms with E-state index < -0.39 is 0 Å². The lowest BCUT2D eigenvalue weighted by Gasteiger charge is -2.34. The van der Waals surface area contributed by atoms with Crippen molar-refractivity contribution in [1.82, 2.24) is 19.2 Å². The number of nitrogens with zero attached hydrogens (tertiary/aromatic N) is 4. The summed E-state index contributed by atoms with van der Waals surface area (Å²) in [4.78, 5) is 21.5. The average Bonchev–Trinajstić information content (AvgIpc) is 3.27. The Morgan fingerprint density at radius 3 is 2.40 bits per heavy atom. The van der Waals surface area contributed by atoms with Crippen LogP contribution in [-0.4, -0.2) is 72.1 Å². The van der Waals surface area contributed by atoms with Gasteiger partial charge in [0, 0.05) is 51.6 Å². The standard InChI is InChI=1S/C28H30N4O3/c1-34-20-27(33)31-15-13-30(14-16-31)19-25-28(22-9-6-10-24(17-22)35-2)29-26-12-11-23(18-32(25)26)21-7-4-3-5-8-21/h3-12,17-18H,13-16,19-20H2,1-2H3. The molecule has 0 bridgehead atoms. The summed E-state index contributed by atoms with van der Waals surface area (Å²) in [5.41, 5.74) is 6.32. The highest BCUT2D eigenvalue weighted by Crippen LogP contribution is 2.30. The molecule has 2 aromatic carbocycles. The van der Waals surface area contributed by atoms with Gasteiger partial charge in [0.05, 0.1) is 18.5 Å². The number of methoxy groups -OCH3 is 2. The van der Waals surface area contributed by atoms with Crippen molar-refractivity contribution in [2.75, 3.05) is 47.0 Å². The van der Waals surface area contributed by atoms with Gasteiger partial charge in [-0.3, -0.25) is 9.69 Å². The molecule has 7 heteroatoms. The first-order chi connectivity index (χ1) is 17.2. The van der Waals surface area contributed by atoms with Crippen LogP contribution < -0.4 is 4.74 Å². The summed E-state index contributed by atoms with van der Waals surface area (Å²) in [6, 6.07) is 22.6. The van der Waals surface area contributed by atoms with Crippen LogP contribution in [0.15, 0.2) is 72.9 Å². The van der Waals surface area contributed by atoms with E-state index in [2.05, 4.69) is 58.0 Å². The maximum absolute atomic E-state index is 12.2. The van der Waals surface area contributed by atoms with Crippen LogP contribution in [0.5, 0.6) is 5.75 Å². The number of carbonyl (C=O) groups excluding carboxylic acids is 1. The molecule has 1 amide bonds. The Morgan fingerprint density at radius 2 is 1.66 bits per heavy atom. The van der Waals surface area contributed by atoms with Gasteiger partial charge in [0.2, 0.25) is 5.91 Å². The van der Waals surface area contributed by atoms with Crippen molar-refractivity contribution < 1.29 is 14.3 Å². The van der Waals surface area contributed by atoms with Crippen molar-refractivity contribution in [3.63, 3.8) is 0 Å². The van der Waals surface area contributed by atoms with Gasteiger partial charge in [-0.2, -0.15) is 0 Å². The van der Waals surface area contributed by atoms with Crippen LogP contribution in [0.1, 0.15) is 5.69 Å². The number of aromatic nitrogens is 2. The molecule has 2 aromatic heterocycles. The number of hydrogen-bond acceptors (Lipinski definition) is 5. The summed E-state index contributed by atoms with van der Waals surface area (Å²) in [6.45, 7) is 3.87. The van der Waals surface area contributed by atoms with Crippen LogP contribution in [0.4, 0.5) is 0 Å². The highest BCUT2D eigenvalue weighted by Gasteiger charge is 2.24. The molecule has 0 spiro atoms. The lowest BCUT2D eigenvalue weighted by molar-refractivity contribution is -0.136. The average molecular weight is 471 g/mol. The normalized spacial score (nSPS) is 14.4. The summed E-state index contributed by atoms with van der Waals surface area (Å²) in [7, 11) is 3.24. The van der Waals surface area contributed by atoms with Gasteiger partial charge in [-0.1, -0.05) is 42.5 Å². The summed E-state index contributed by atoms with van der Waals surface area (Å²) in [5, 5.41) is 0. The molecule has 0 radical (unpaired) electrons. The first-order valence-electron chi connectivity index (χ1n) is 11.9. The van der Waals surface area contributed by atoms with E-state index in [1.165, 1.54) is 5.56 Å². The van der Waals surface area contributed by atoms with E-state index in [4.69, 9.17) is 14.5 Å². The molecule has 0 atom stereocenters. The summed E-state index contributed by atoms with van der Waals surface area (Å²) < 4.78 is 12.7. The molecule has 1 fully saturated rings. The molecule has 0 aliphatic carbocycles. The Balaban J connectivity index is 1.51. The molecule has 35 heavy (non-hydrogen) atoms. The third kappa shape index (κ3) is 4.92. The predicted octanol–water partition coefficient (Wildman–Crippen LogP) is 3.97. The number of piperazine rings is 1. The molecule has 4 aromatic rings. The zero-order valence-corrected chi connectivity index (χ0v) is 20.2. The van der Waals surface area contributed by atoms with Gasteiger partial charge in [0.15, 0.2) is 0 Å². The minimum absolute atomic E-state index is 0.0477. The zero-order valence-electron chi connectivity index (χ0n) is 20.2.